The molecule has 0 aliphatic rings. The van der Waals surface area contributed by atoms with Gasteiger partial charge >= 0.3 is 0 Å². The SMILES string of the molecule is Cc1nc(-c2noc3ccc(C(=O)NCc4cc(F)cc(F)c4)cc23)cs1. The van der Waals surface area contributed by atoms with Crippen molar-refractivity contribution in [2.24, 2.45) is 0 Å². The van der Waals surface area contributed by atoms with Crippen LogP contribution in [-0.2, 0) is 6.54 Å². The average Bonchev–Trinajstić information content (AvgIpc) is 3.24. The van der Waals surface area contributed by atoms with E-state index in [1.807, 2.05) is 12.3 Å². The van der Waals surface area contributed by atoms with Crippen LogP contribution in [0.3, 0.4) is 0 Å². The normalized spacial score (nSPS) is 11.1. The fraction of sp³-hybridized carbons (Fsp3) is 0.105. The summed E-state index contributed by atoms with van der Waals surface area (Å²) in [4.78, 5) is 16.8. The third-order valence-electron chi connectivity index (χ3n) is 3.97. The fourth-order valence-corrected chi connectivity index (χ4v) is 3.33. The van der Waals surface area contributed by atoms with Gasteiger partial charge in [-0.2, -0.15) is 0 Å². The predicted molar refractivity (Wildman–Crippen MR) is 97.4 cm³/mol. The highest BCUT2D eigenvalue weighted by Gasteiger charge is 2.15. The van der Waals surface area contributed by atoms with Crippen molar-refractivity contribution in [3.05, 3.63) is 69.5 Å². The van der Waals surface area contributed by atoms with Crippen LogP contribution < -0.4 is 5.32 Å². The first-order valence-corrected chi connectivity index (χ1v) is 8.92. The molecule has 0 spiro atoms. The Morgan fingerprint density at radius 1 is 1.19 bits per heavy atom. The summed E-state index contributed by atoms with van der Waals surface area (Å²) in [6.45, 7) is 1.90. The largest absolute Gasteiger partial charge is 0.356 e. The van der Waals surface area contributed by atoms with Gasteiger partial charge in [-0.05, 0) is 42.8 Å². The molecule has 0 bridgehead atoms. The van der Waals surface area contributed by atoms with E-state index >= 15 is 0 Å². The summed E-state index contributed by atoms with van der Waals surface area (Å²) < 4.78 is 31.8. The molecule has 0 unspecified atom stereocenters. The van der Waals surface area contributed by atoms with Crippen LogP contribution in [0.4, 0.5) is 8.78 Å². The Labute approximate surface area is 156 Å². The van der Waals surface area contributed by atoms with Gasteiger partial charge in [0.25, 0.3) is 5.91 Å². The monoisotopic (exact) mass is 385 g/mol. The number of halogens is 2. The number of hydrogen-bond donors (Lipinski definition) is 1. The topological polar surface area (TPSA) is 68.0 Å². The quantitative estimate of drug-likeness (QED) is 0.563. The second-order valence-corrected chi connectivity index (χ2v) is 7.02. The lowest BCUT2D eigenvalue weighted by molar-refractivity contribution is 0.0951. The minimum atomic E-state index is -0.687. The van der Waals surface area contributed by atoms with E-state index in [1.54, 1.807) is 18.2 Å². The Kier molecular flexibility index (Phi) is 4.41. The van der Waals surface area contributed by atoms with Crippen LogP contribution in [0.15, 0.2) is 46.3 Å². The molecule has 8 heteroatoms. The van der Waals surface area contributed by atoms with Crippen LogP contribution in [0, 0.1) is 18.6 Å². The van der Waals surface area contributed by atoms with Gasteiger partial charge in [-0.3, -0.25) is 4.79 Å². The van der Waals surface area contributed by atoms with E-state index in [2.05, 4.69) is 15.5 Å². The second kappa shape index (κ2) is 6.88. The standard InChI is InChI=1S/C19H13F2N3O2S/c1-10-23-16(9-27-10)18-15-6-12(2-3-17(15)26-24-18)19(25)22-8-11-4-13(20)7-14(21)5-11/h2-7,9H,8H2,1H3,(H,22,25). The summed E-state index contributed by atoms with van der Waals surface area (Å²) in [6, 6.07) is 8.06. The highest BCUT2D eigenvalue weighted by molar-refractivity contribution is 7.09. The van der Waals surface area contributed by atoms with E-state index in [0.717, 1.165) is 11.1 Å². The minimum absolute atomic E-state index is 0.00727. The Bertz CT molecular complexity index is 1130. The molecular weight excluding hydrogens is 372 g/mol. The molecule has 0 aliphatic carbocycles. The molecule has 2 aromatic carbocycles. The Balaban J connectivity index is 1.58. The van der Waals surface area contributed by atoms with E-state index in [4.69, 9.17) is 4.52 Å². The third-order valence-corrected chi connectivity index (χ3v) is 4.74. The lowest BCUT2D eigenvalue weighted by Gasteiger charge is -2.06. The zero-order valence-electron chi connectivity index (χ0n) is 14.1. The Morgan fingerprint density at radius 2 is 1.96 bits per heavy atom. The smallest absolute Gasteiger partial charge is 0.251 e. The maximum atomic E-state index is 13.2. The third kappa shape index (κ3) is 3.56. The van der Waals surface area contributed by atoms with Crippen LogP contribution >= 0.6 is 11.3 Å². The molecule has 0 atom stereocenters. The van der Waals surface area contributed by atoms with Gasteiger partial charge in [-0.1, -0.05) is 5.16 Å². The number of carbonyl (C=O) groups excluding carboxylic acids is 1. The van der Waals surface area contributed by atoms with Gasteiger partial charge in [0.15, 0.2) is 5.58 Å². The summed E-state index contributed by atoms with van der Waals surface area (Å²) in [6.07, 6.45) is 0. The van der Waals surface area contributed by atoms with Gasteiger partial charge in [0.1, 0.15) is 23.0 Å². The molecule has 2 heterocycles. The van der Waals surface area contributed by atoms with Crippen molar-refractivity contribution in [2.75, 3.05) is 0 Å². The predicted octanol–water partition coefficient (Wildman–Crippen LogP) is 4.47. The van der Waals surface area contributed by atoms with Crippen LogP contribution in [-0.4, -0.2) is 16.0 Å². The molecule has 4 aromatic rings. The fourth-order valence-electron chi connectivity index (χ4n) is 2.73. The van der Waals surface area contributed by atoms with Crippen LogP contribution in [0.1, 0.15) is 20.9 Å². The number of nitrogens with zero attached hydrogens (tertiary/aromatic N) is 2. The van der Waals surface area contributed by atoms with E-state index in [9.17, 15) is 13.6 Å². The van der Waals surface area contributed by atoms with Crippen molar-refractivity contribution in [1.82, 2.24) is 15.5 Å². The number of thiazole rings is 1. The van der Waals surface area contributed by atoms with E-state index in [0.29, 0.717) is 33.5 Å². The summed E-state index contributed by atoms with van der Waals surface area (Å²) in [5, 5.41) is 10.1. The molecule has 136 valence electrons. The first-order valence-electron chi connectivity index (χ1n) is 8.05. The number of fused-ring (bicyclic) bond motifs is 1. The molecule has 1 N–H and O–H groups in total. The molecule has 0 radical (unpaired) electrons. The minimum Gasteiger partial charge on any atom is -0.356 e. The molecule has 0 fully saturated rings. The molecule has 2 aromatic heterocycles. The molecule has 0 aliphatic heterocycles. The van der Waals surface area contributed by atoms with Crippen molar-refractivity contribution >= 4 is 28.2 Å². The van der Waals surface area contributed by atoms with E-state index in [1.165, 1.54) is 23.5 Å². The first kappa shape index (κ1) is 17.3. The summed E-state index contributed by atoms with van der Waals surface area (Å²) >= 11 is 1.50. The van der Waals surface area contributed by atoms with E-state index < -0.39 is 11.6 Å². The number of carbonyl (C=O) groups is 1. The highest BCUT2D eigenvalue weighted by Crippen LogP contribution is 2.29. The molecule has 4 rings (SSSR count). The van der Waals surface area contributed by atoms with Gasteiger partial charge < -0.3 is 9.84 Å². The Hall–Kier alpha value is -3.13. The van der Waals surface area contributed by atoms with Gasteiger partial charge in [0.05, 0.1) is 10.4 Å². The average molecular weight is 385 g/mol. The van der Waals surface area contributed by atoms with Crippen LogP contribution in [0.5, 0.6) is 0 Å². The lowest BCUT2D eigenvalue weighted by atomic mass is 10.1. The zero-order chi connectivity index (χ0) is 19.0. The van der Waals surface area contributed by atoms with Crippen LogP contribution in [0.25, 0.3) is 22.4 Å². The van der Waals surface area contributed by atoms with Crippen molar-refractivity contribution in [1.29, 1.82) is 0 Å². The Morgan fingerprint density at radius 3 is 2.67 bits per heavy atom. The maximum absolute atomic E-state index is 13.2. The second-order valence-electron chi connectivity index (χ2n) is 5.95. The summed E-state index contributed by atoms with van der Waals surface area (Å²) in [5.74, 6) is -1.75. The molecule has 27 heavy (non-hydrogen) atoms. The van der Waals surface area contributed by atoms with Crippen molar-refractivity contribution < 1.29 is 18.1 Å². The number of benzene rings is 2. The molecule has 0 saturated heterocycles. The lowest BCUT2D eigenvalue weighted by Crippen LogP contribution is -2.22. The van der Waals surface area contributed by atoms with Gasteiger partial charge in [0, 0.05) is 23.6 Å². The van der Waals surface area contributed by atoms with Gasteiger partial charge in [0.2, 0.25) is 0 Å². The molecule has 5 nitrogen and oxygen atoms in total. The number of aromatic nitrogens is 2. The molecular formula is C19H13F2N3O2S. The maximum Gasteiger partial charge on any atom is 0.251 e. The number of amides is 1. The van der Waals surface area contributed by atoms with Gasteiger partial charge in [-0.25, -0.2) is 13.8 Å². The summed E-state index contributed by atoms with van der Waals surface area (Å²) in [7, 11) is 0. The number of aryl methyl sites for hydroxylation is 1. The van der Waals surface area contributed by atoms with Crippen molar-refractivity contribution in [3.63, 3.8) is 0 Å². The van der Waals surface area contributed by atoms with Crippen LogP contribution in [0.2, 0.25) is 0 Å². The summed E-state index contributed by atoms with van der Waals surface area (Å²) in [5.41, 5.74) is 2.51. The number of nitrogens with one attached hydrogen (secondary N) is 1. The number of rotatable bonds is 4. The first-order chi connectivity index (χ1) is 13.0. The zero-order valence-corrected chi connectivity index (χ0v) is 14.9. The van der Waals surface area contributed by atoms with Gasteiger partial charge in [-0.15, -0.1) is 11.3 Å². The highest BCUT2D eigenvalue weighted by atomic mass is 32.1. The molecule has 1 amide bonds. The van der Waals surface area contributed by atoms with E-state index in [-0.39, 0.29) is 12.5 Å². The van der Waals surface area contributed by atoms with Crippen molar-refractivity contribution in [3.8, 4) is 11.4 Å². The molecule has 0 saturated carbocycles. The number of hydrogen-bond acceptors (Lipinski definition) is 5. The van der Waals surface area contributed by atoms with Crippen molar-refractivity contribution in [2.45, 2.75) is 13.5 Å².